The van der Waals surface area contributed by atoms with Crippen molar-refractivity contribution in [3.8, 4) is 11.1 Å². The van der Waals surface area contributed by atoms with E-state index < -0.39 is 11.2 Å². The number of nitrogens with zero attached hydrogens (tertiary/aromatic N) is 3. The van der Waals surface area contributed by atoms with E-state index >= 15 is 0 Å². The summed E-state index contributed by atoms with van der Waals surface area (Å²) in [6.07, 6.45) is 1.85. The van der Waals surface area contributed by atoms with Gasteiger partial charge in [0, 0.05) is 31.6 Å². The van der Waals surface area contributed by atoms with Crippen molar-refractivity contribution in [3.63, 3.8) is 0 Å². The summed E-state index contributed by atoms with van der Waals surface area (Å²) in [7, 11) is 3.04. The monoisotopic (exact) mass is 335 g/mol. The summed E-state index contributed by atoms with van der Waals surface area (Å²) in [5, 5.41) is 0.324. The number of pyridine rings is 1. The molecular weight excluding hydrogens is 318 g/mol. The SMILES string of the molecule is Cn1c(=O)c2c(-c3ccccc3)c3c(nc2n(C)c1=O)CCCC3=O. The van der Waals surface area contributed by atoms with Gasteiger partial charge in [-0.15, -0.1) is 0 Å². The lowest BCUT2D eigenvalue weighted by Crippen LogP contribution is -2.38. The fourth-order valence-electron chi connectivity index (χ4n) is 3.55. The molecule has 0 amide bonds. The van der Waals surface area contributed by atoms with E-state index in [1.807, 2.05) is 30.3 Å². The zero-order valence-corrected chi connectivity index (χ0v) is 14.1. The number of rotatable bonds is 1. The van der Waals surface area contributed by atoms with Crippen molar-refractivity contribution >= 4 is 16.8 Å². The minimum atomic E-state index is -0.425. The third-order valence-electron chi connectivity index (χ3n) is 4.82. The highest BCUT2D eigenvalue weighted by Crippen LogP contribution is 2.34. The maximum atomic E-state index is 12.9. The van der Waals surface area contributed by atoms with Gasteiger partial charge in [0.15, 0.2) is 5.78 Å². The van der Waals surface area contributed by atoms with Crippen LogP contribution in [0.3, 0.4) is 0 Å². The fourth-order valence-corrected chi connectivity index (χ4v) is 3.55. The van der Waals surface area contributed by atoms with Crippen molar-refractivity contribution in [1.82, 2.24) is 14.1 Å². The Morgan fingerprint density at radius 2 is 1.64 bits per heavy atom. The Balaban J connectivity index is 2.31. The van der Waals surface area contributed by atoms with Gasteiger partial charge in [-0.05, 0) is 18.4 Å². The van der Waals surface area contributed by atoms with Crippen molar-refractivity contribution < 1.29 is 4.79 Å². The van der Waals surface area contributed by atoms with Crippen LogP contribution in [0.2, 0.25) is 0 Å². The molecule has 2 heterocycles. The molecule has 6 heteroatoms. The van der Waals surface area contributed by atoms with Gasteiger partial charge in [0.1, 0.15) is 5.65 Å². The average Bonchev–Trinajstić information content (AvgIpc) is 2.64. The van der Waals surface area contributed by atoms with Gasteiger partial charge in [-0.1, -0.05) is 30.3 Å². The van der Waals surface area contributed by atoms with Gasteiger partial charge in [0.2, 0.25) is 0 Å². The average molecular weight is 335 g/mol. The van der Waals surface area contributed by atoms with Crippen LogP contribution >= 0.6 is 0 Å². The van der Waals surface area contributed by atoms with Crippen LogP contribution in [0.5, 0.6) is 0 Å². The standard InChI is InChI=1S/C19H17N3O3/c1-21-17-16(18(24)22(2)19(21)25)14(11-7-4-3-5-8-11)15-12(20-17)9-6-10-13(15)23/h3-5,7-8H,6,9-10H2,1-2H3. The minimum Gasteiger partial charge on any atom is -0.294 e. The molecular formula is C19H17N3O3. The van der Waals surface area contributed by atoms with Crippen molar-refractivity contribution in [1.29, 1.82) is 0 Å². The van der Waals surface area contributed by atoms with E-state index in [9.17, 15) is 14.4 Å². The number of ketones is 1. The normalized spacial score (nSPS) is 13.9. The van der Waals surface area contributed by atoms with E-state index in [4.69, 9.17) is 0 Å². The Hall–Kier alpha value is -3.02. The van der Waals surface area contributed by atoms with Crippen LogP contribution < -0.4 is 11.2 Å². The second-order valence-electron chi connectivity index (χ2n) is 6.36. The lowest BCUT2D eigenvalue weighted by atomic mass is 9.86. The number of hydrogen-bond donors (Lipinski definition) is 0. The van der Waals surface area contributed by atoms with Crippen LogP contribution in [-0.2, 0) is 20.5 Å². The first-order valence-electron chi connectivity index (χ1n) is 8.22. The minimum absolute atomic E-state index is 0.00501. The molecule has 0 radical (unpaired) electrons. The van der Waals surface area contributed by atoms with Gasteiger partial charge in [0.05, 0.1) is 11.1 Å². The third-order valence-corrected chi connectivity index (χ3v) is 4.82. The number of carbonyl (C=O) groups is 1. The number of hydrogen-bond acceptors (Lipinski definition) is 4. The van der Waals surface area contributed by atoms with Gasteiger partial charge in [-0.25, -0.2) is 9.78 Å². The van der Waals surface area contributed by atoms with Gasteiger partial charge in [0.25, 0.3) is 5.56 Å². The smallest absolute Gasteiger partial charge is 0.294 e. The summed E-state index contributed by atoms with van der Waals surface area (Å²) < 4.78 is 2.44. The van der Waals surface area contributed by atoms with Crippen LogP contribution in [0.15, 0.2) is 39.9 Å². The molecule has 4 rings (SSSR count). The van der Waals surface area contributed by atoms with Crippen molar-refractivity contribution in [2.75, 3.05) is 0 Å². The second kappa shape index (κ2) is 5.51. The number of aromatic nitrogens is 3. The Kier molecular flexibility index (Phi) is 3.42. The first kappa shape index (κ1) is 15.5. The summed E-state index contributed by atoms with van der Waals surface area (Å²) in [6.45, 7) is 0. The molecule has 3 aromatic rings. The zero-order valence-electron chi connectivity index (χ0n) is 14.1. The highest BCUT2D eigenvalue weighted by atomic mass is 16.2. The quantitative estimate of drug-likeness (QED) is 0.680. The maximum absolute atomic E-state index is 12.9. The van der Waals surface area contributed by atoms with E-state index in [2.05, 4.69) is 4.98 Å². The van der Waals surface area contributed by atoms with E-state index in [0.29, 0.717) is 40.7 Å². The molecule has 0 spiro atoms. The van der Waals surface area contributed by atoms with Crippen LogP contribution in [-0.4, -0.2) is 19.9 Å². The number of aryl methyl sites for hydroxylation is 2. The van der Waals surface area contributed by atoms with Crippen LogP contribution in [0.25, 0.3) is 22.2 Å². The lowest BCUT2D eigenvalue weighted by Gasteiger charge is -2.20. The Morgan fingerprint density at radius 1 is 0.920 bits per heavy atom. The van der Waals surface area contributed by atoms with Gasteiger partial charge in [-0.2, -0.15) is 0 Å². The predicted octanol–water partition coefficient (Wildman–Crippen LogP) is 1.82. The molecule has 0 unspecified atom stereocenters. The van der Waals surface area contributed by atoms with Crippen LogP contribution in [0.1, 0.15) is 28.9 Å². The van der Waals surface area contributed by atoms with E-state index in [0.717, 1.165) is 16.6 Å². The molecule has 0 aliphatic heterocycles. The number of carbonyl (C=O) groups excluding carboxylic acids is 1. The molecule has 6 nitrogen and oxygen atoms in total. The summed E-state index contributed by atoms with van der Waals surface area (Å²) >= 11 is 0. The predicted molar refractivity (Wildman–Crippen MR) is 94.9 cm³/mol. The Labute approximate surface area is 143 Å². The molecule has 1 aromatic carbocycles. The summed E-state index contributed by atoms with van der Waals surface area (Å²) in [5.74, 6) is 0.00501. The topological polar surface area (TPSA) is 74.0 Å². The summed E-state index contributed by atoms with van der Waals surface area (Å²) in [4.78, 5) is 42.4. The molecule has 2 aromatic heterocycles. The molecule has 1 aliphatic carbocycles. The number of Topliss-reactive ketones (excluding diaryl/α,β-unsaturated/α-hetero) is 1. The van der Waals surface area contributed by atoms with E-state index in [-0.39, 0.29) is 5.78 Å². The van der Waals surface area contributed by atoms with Crippen LogP contribution in [0.4, 0.5) is 0 Å². The van der Waals surface area contributed by atoms with Crippen LogP contribution in [0, 0.1) is 0 Å². The Bertz CT molecular complexity index is 1140. The Morgan fingerprint density at radius 3 is 2.36 bits per heavy atom. The molecule has 0 saturated carbocycles. The van der Waals surface area contributed by atoms with Crippen molar-refractivity contribution in [2.24, 2.45) is 14.1 Å². The third kappa shape index (κ3) is 2.17. The first-order chi connectivity index (χ1) is 12.0. The zero-order chi connectivity index (χ0) is 17.7. The highest BCUT2D eigenvalue weighted by Gasteiger charge is 2.27. The molecule has 0 saturated heterocycles. The molecule has 25 heavy (non-hydrogen) atoms. The highest BCUT2D eigenvalue weighted by molar-refractivity contribution is 6.10. The molecule has 0 bridgehead atoms. The number of fused-ring (bicyclic) bond motifs is 2. The number of benzene rings is 1. The first-order valence-corrected chi connectivity index (χ1v) is 8.22. The largest absolute Gasteiger partial charge is 0.332 e. The van der Waals surface area contributed by atoms with Gasteiger partial charge >= 0.3 is 5.69 Å². The maximum Gasteiger partial charge on any atom is 0.332 e. The molecule has 126 valence electrons. The molecule has 0 N–H and O–H groups in total. The second-order valence-corrected chi connectivity index (χ2v) is 6.36. The lowest BCUT2D eigenvalue weighted by molar-refractivity contribution is 0.0972. The van der Waals surface area contributed by atoms with E-state index in [1.165, 1.54) is 11.6 Å². The van der Waals surface area contributed by atoms with Crippen molar-refractivity contribution in [3.05, 3.63) is 62.4 Å². The summed E-state index contributed by atoms with van der Waals surface area (Å²) in [5.41, 5.74) is 2.07. The summed E-state index contributed by atoms with van der Waals surface area (Å²) in [6, 6.07) is 9.37. The van der Waals surface area contributed by atoms with E-state index in [1.54, 1.807) is 7.05 Å². The fraction of sp³-hybridized carbons (Fsp3) is 0.263. The van der Waals surface area contributed by atoms with Gasteiger partial charge in [-0.3, -0.25) is 18.7 Å². The van der Waals surface area contributed by atoms with Gasteiger partial charge < -0.3 is 0 Å². The molecule has 0 fully saturated rings. The molecule has 0 atom stereocenters. The molecule has 1 aliphatic rings. The van der Waals surface area contributed by atoms with Crippen molar-refractivity contribution in [2.45, 2.75) is 19.3 Å².